The van der Waals surface area contributed by atoms with Crippen LogP contribution < -0.4 is 0 Å². The van der Waals surface area contributed by atoms with Gasteiger partial charge in [0.25, 0.3) is 0 Å². The topological polar surface area (TPSA) is 20.3 Å². The van der Waals surface area contributed by atoms with Crippen molar-refractivity contribution >= 4 is 5.91 Å². The zero-order valence-corrected chi connectivity index (χ0v) is 9.08. The van der Waals surface area contributed by atoms with Crippen molar-refractivity contribution in [3.05, 3.63) is 23.8 Å². The van der Waals surface area contributed by atoms with Crippen LogP contribution in [-0.4, -0.2) is 24.4 Å². The number of carbonyl (C=O) groups is 1. The molecule has 0 saturated carbocycles. The number of terminal acetylenes is 1. The van der Waals surface area contributed by atoms with Crippen LogP contribution in [0.25, 0.3) is 0 Å². The summed E-state index contributed by atoms with van der Waals surface area (Å²) < 4.78 is 0. The first-order valence-corrected chi connectivity index (χ1v) is 4.62. The molecular formula is C12H17NO. The number of nitrogens with zero attached hydrogens (tertiary/aromatic N) is 1. The molecule has 0 rings (SSSR count). The summed E-state index contributed by atoms with van der Waals surface area (Å²) >= 11 is 0. The van der Waals surface area contributed by atoms with Crippen molar-refractivity contribution in [3.8, 4) is 12.3 Å². The highest BCUT2D eigenvalue weighted by atomic mass is 16.2. The Morgan fingerprint density at radius 3 is 2.64 bits per heavy atom. The molecule has 1 amide bonds. The van der Waals surface area contributed by atoms with E-state index in [0.717, 1.165) is 12.0 Å². The van der Waals surface area contributed by atoms with Gasteiger partial charge < -0.3 is 4.90 Å². The Bertz CT molecular complexity index is 281. The highest BCUT2D eigenvalue weighted by Crippen LogP contribution is 2.01. The Morgan fingerprint density at radius 2 is 2.21 bits per heavy atom. The van der Waals surface area contributed by atoms with Crippen LogP contribution in [0.4, 0.5) is 0 Å². The Balaban J connectivity index is 4.10. The van der Waals surface area contributed by atoms with Gasteiger partial charge in [-0.3, -0.25) is 4.79 Å². The van der Waals surface area contributed by atoms with E-state index >= 15 is 0 Å². The molecule has 0 unspecified atom stereocenters. The molecule has 0 atom stereocenters. The van der Waals surface area contributed by atoms with Crippen LogP contribution >= 0.6 is 0 Å². The van der Waals surface area contributed by atoms with Gasteiger partial charge in [-0.2, -0.15) is 0 Å². The lowest BCUT2D eigenvalue weighted by atomic mass is 10.1. The first-order valence-electron chi connectivity index (χ1n) is 4.62. The van der Waals surface area contributed by atoms with Crippen LogP contribution in [0.1, 0.15) is 20.3 Å². The van der Waals surface area contributed by atoms with E-state index in [4.69, 9.17) is 6.42 Å². The van der Waals surface area contributed by atoms with Gasteiger partial charge >= 0.3 is 0 Å². The van der Waals surface area contributed by atoms with Gasteiger partial charge in [0.1, 0.15) is 0 Å². The SMILES string of the molecule is C#C/C(=C\C=C/C)CCN(C)C(C)=O. The third kappa shape index (κ3) is 5.21. The lowest BCUT2D eigenvalue weighted by Gasteiger charge is -2.13. The van der Waals surface area contributed by atoms with Crippen molar-refractivity contribution in [2.45, 2.75) is 20.3 Å². The number of hydrogen-bond acceptors (Lipinski definition) is 1. The fraction of sp³-hybridized carbons (Fsp3) is 0.417. The lowest BCUT2D eigenvalue weighted by Crippen LogP contribution is -2.24. The van der Waals surface area contributed by atoms with E-state index in [9.17, 15) is 4.79 Å². The number of amides is 1. The molecule has 14 heavy (non-hydrogen) atoms. The summed E-state index contributed by atoms with van der Waals surface area (Å²) in [5.74, 6) is 2.67. The highest BCUT2D eigenvalue weighted by Gasteiger charge is 2.01. The summed E-state index contributed by atoms with van der Waals surface area (Å²) in [5, 5.41) is 0. The average Bonchev–Trinajstić information content (AvgIpc) is 2.17. The smallest absolute Gasteiger partial charge is 0.219 e. The maximum atomic E-state index is 10.9. The Kier molecular flexibility index (Phi) is 6.22. The van der Waals surface area contributed by atoms with Gasteiger partial charge in [-0.05, 0) is 13.3 Å². The zero-order valence-electron chi connectivity index (χ0n) is 9.08. The molecular weight excluding hydrogens is 174 g/mol. The van der Waals surface area contributed by atoms with Crippen molar-refractivity contribution < 1.29 is 4.79 Å². The largest absolute Gasteiger partial charge is 0.346 e. The fourth-order valence-corrected chi connectivity index (χ4v) is 0.862. The number of carbonyl (C=O) groups excluding carboxylic acids is 1. The fourth-order valence-electron chi connectivity index (χ4n) is 0.862. The van der Waals surface area contributed by atoms with Crippen LogP contribution in [0.2, 0.25) is 0 Å². The monoisotopic (exact) mass is 191 g/mol. The number of allylic oxidation sites excluding steroid dienone is 3. The van der Waals surface area contributed by atoms with Gasteiger partial charge in [0.15, 0.2) is 0 Å². The van der Waals surface area contributed by atoms with Gasteiger partial charge in [0.05, 0.1) is 0 Å². The second kappa shape index (κ2) is 6.97. The Hall–Kier alpha value is -1.49. The summed E-state index contributed by atoms with van der Waals surface area (Å²) in [4.78, 5) is 12.6. The highest BCUT2D eigenvalue weighted by molar-refractivity contribution is 5.72. The van der Waals surface area contributed by atoms with Crippen molar-refractivity contribution in [3.63, 3.8) is 0 Å². The van der Waals surface area contributed by atoms with Crippen LogP contribution in [0.3, 0.4) is 0 Å². The van der Waals surface area contributed by atoms with Gasteiger partial charge in [-0.25, -0.2) is 0 Å². The second-order valence-electron chi connectivity index (χ2n) is 3.05. The molecule has 0 bridgehead atoms. The summed E-state index contributed by atoms with van der Waals surface area (Å²) in [6.07, 6.45) is 11.8. The molecule has 0 aliphatic rings. The van der Waals surface area contributed by atoms with Crippen LogP contribution in [0.15, 0.2) is 23.8 Å². The van der Waals surface area contributed by atoms with Gasteiger partial charge in [-0.1, -0.05) is 24.1 Å². The molecule has 0 aromatic carbocycles. The maximum Gasteiger partial charge on any atom is 0.219 e. The Morgan fingerprint density at radius 1 is 1.57 bits per heavy atom. The maximum absolute atomic E-state index is 10.9. The minimum Gasteiger partial charge on any atom is -0.346 e. The minimum absolute atomic E-state index is 0.0624. The van der Waals surface area contributed by atoms with Crippen LogP contribution in [0.5, 0.6) is 0 Å². The van der Waals surface area contributed by atoms with E-state index in [1.807, 2.05) is 25.2 Å². The first-order chi connectivity index (χ1) is 6.61. The summed E-state index contributed by atoms with van der Waals surface area (Å²) in [6, 6.07) is 0. The van der Waals surface area contributed by atoms with E-state index in [2.05, 4.69) is 5.92 Å². The van der Waals surface area contributed by atoms with E-state index in [1.54, 1.807) is 18.9 Å². The Labute approximate surface area is 86.3 Å². The normalized spacial score (nSPS) is 11.4. The molecule has 2 nitrogen and oxygen atoms in total. The average molecular weight is 191 g/mol. The summed E-state index contributed by atoms with van der Waals surface area (Å²) in [6.45, 7) is 4.15. The van der Waals surface area contributed by atoms with E-state index in [0.29, 0.717) is 6.54 Å². The van der Waals surface area contributed by atoms with Crippen LogP contribution in [-0.2, 0) is 4.79 Å². The van der Waals surface area contributed by atoms with E-state index in [1.165, 1.54) is 0 Å². The third-order valence-corrected chi connectivity index (χ3v) is 1.93. The van der Waals surface area contributed by atoms with Crippen molar-refractivity contribution in [2.24, 2.45) is 0 Å². The van der Waals surface area contributed by atoms with Gasteiger partial charge in [0.2, 0.25) is 5.91 Å². The van der Waals surface area contributed by atoms with Crippen molar-refractivity contribution in [1.82, 2.24) is 4.90 Å². The summed E-state index contributed by atoms with van der Waals surface area (Å²) in [5.41, 5.74) is 0.913. The second-order valence-corrected chi connectivity index (χ2v) is 3.05. The molecule has 0 saturated heterocycles. The molecule has 0 heterocycles. The molecule has 0 aliphatic heterocycles. The molecule has 0 fully saturated rings. The summed E-state index contributed by atoms with van der Waals surface area (Å²) in [7, 11) is 1.77. The lowest BCUT2D eigenvalue weighted by molar-refractivity contribution is -0.127. The molecule has 0 aromatic rings. The molecule has 0 aromatic heterocycles. The molecule has 76 valence electrons. The third-order valence-electron chi connectivity index (χ3n) is 1.93. The zero-order chi connectivity index (χ0) is 11.0. The molecule has 0 spiro atoms. The predicted octanol–water partition coefficient (Wildman–Crippen LogP) is 1.99. The first kappa shape index (κ1) is 12.5. The molecule has 0 radical (unpaired) electrons. The molecule has 0 N–H and O–H groups in total. The van der Waals surface area contributed by atoms with E-state index < -0.39 is 0 Å². The van der Waals surface area contributed by atoms with Crippen molar-refractivity contribution in [2.75, 3.05) is 13.6 Å². The van der Waals surface area contributed by atoms with Crippen molar-refractivity contribution in [1.29, 1.82) is 0 Å². The molecule has 0 aliphatic carbocycles. The standard InChI is InChI=1S/C12H17NO/c1-5-7-8-12(6-2)9-10-13(4)11(3)14/h2,5,7-8H,9-10H2,1,3-4H3/b7-5-,12-8+. The molecule has 2 heteroatoms. The predicted molar refractivity (Wildman–Crippen MR) is 59.7 cm³/mol. The number of hydrogen-bond donors (Lipinski definition) is 0. The van der Waals surface area contributed by atoms with E-state index in [-0.39, 0.29) is 5.91 Å². The van der Waals surface area contributed by atoms with Gasteiger partial charge in [0, 0.05) is 26.1 Å². The minimum atomic E-state index is 0.0624. The number of rotatable bonds is 4. The van der Waals surface area contributed by atoms with Gasteiger partial charge in [-0.15, -0.1) is 6.42 Å². The quantitative estimate of drug-likeness (QED) is 0.491. The van der Waals surface area contributed by atoms with Crippen LogP contribution in [0, 0.1) is 12.3 Å².